The maximum absolute atomic E-state index is 14.0. The van der Waals surface area contributed by atoms with E-state index in [4.69, 9.17) is 30.1 Å². The molecule has 6 atom stereocenters. The summed E-state index contributed by atoms with van der Waals surface area (Å²) in [5, 5.41) is 0. The van der Waals surface area contributed by atoms with Gasteiger partial charge in [0.25, 0.3) is 0 Å². The number of hydrogen-bond donors (Lipinski definition) is 2. The van der Waals surface area contributed by atoms with Gasteiger partial charge in [-0.25, -0.2) is 4.79 Å². The lowest BCUT2D eigenvalue weighted by Gasteiger charge is -2.58. The summed E-state index contributed by atoms with van der Waals surface area (Å²) in [5.74, 6) is -6.21. The molecule has 1 saturated heterocycles. The predicted octanol–water partition coefficient (Wildman–Crippen LogP) is 2.11. The van der Waals surface area contributed by atoms with Crippen LogP contribution in [0.5, 0.6) is 0 Å². The Morgan fingerprint density at radius 2 is 1.86 bits per heavy atom. The van der Waals surface area contributed by atoms with E-state index < -0.39 is 58.6 Å². The fourth-order valence-electron chi connectivity index (χ4n) is 6.15. The highest BCUT2D eigenvalue weighted by Gasteiger charge is 2.67. The molecule has 0 bridgehead atoms. The number of cyclic esters (lactones) is 1. The zero-order valence-electron chi connectivity index (χ0n) is 20.5. The second-order valence-corrected chi connectivity index (χ2v) is 10.0. The van der Waals surface area contributed by atoms with Crippen LogP contribution in [0, 0.1) is 24.7 Å². The van der Waals surface area contributed by atoms with Crippen molar-refractivity contribution in [3.63, 3.8) is 0 Å². The van der Waals surface area contributed by atoms with E-state index in [1.54, 1.807) is 37.3 Å². The minimum absolute atomic E-state index is 0.0607. The largest absolute Gasteiger partial charge is 0.472 e. The number of Topliss-reactive ketones (excluding diaryl/α,β-unsaturated/α-hetero) is 1. The molecule has 1 aliphatic heterocycles. The van der Waals surface area contributed by atoms with Gasteiger partial charge in [-0.1, -0.05) is 18.2 Å². The molecule has 37 heavy (non-hydrogen) atoms. The van der Waals surface area contributed by atoms with Crippen LogP contribution in [0.4, 0.5) is 0 Å². The van der Waals surface area contributed by atoms with E-state index in [2.05, 4.69) is 0 Å². The van der Waals surface area contributed by atoms with Crippen molar-refractivity contribution in [2.75, 3.05) is 7.11 Å². The van der Waals surface area contributed by atoms with Crippen molar-refractivity contribution in [1.29, 1.82) is 0 Å². The van der Waals surface area contributed by atoms with Crippen LogP contribution in [0.2, 0.25) is 0 Å². The normalized spacial score (nSPS) is 32.9. The Labute approximate surface area is 212 Å². The van der Waals surface area contributed by atoms with Gasteiger partial charge in [0, 0.05) is 23.1 Å². The summed E-state index contributed by atoms with van der Waals surface area (Å²) in [7, 11) is 1.21. The molecule has 5 rings (SSSR count). The van der Waals surface area contributed by atoms with Gasteiger partial charge in [-0.3, -0.25) is 14.4 Å². The fraction of sp³-hybridized carbons (Fsp3) is 0.407. The number of ether oxygens (including phenoxy) is 3. The first-order valence-electron chi connectivity index (χ1n) is 12.0. The first-order chi connectivity index (χ1) is 17.6. The lowest BCUT2D eigenvalue weighted by Crippen LogP contribution is -2.76. The van der Waals surface area contributed by atoms with E-state index in [1.807, 2.05) is 0 Å². The number of benzene rings is 1. The van der Waals surface area contributed by atoms with E-state index in [-0.39, 0.29) is 30.6 Å². The summed E-state index contributed by atoms with van der Waals surface area (Å²) in [6.45, 7) is 1.74. The van der Waals surface area contributed by atoms with Gasteiger partial charge < -0.3 is 30.1 Å². The third kappa shape index (κ3) is 3.87. The van der Waals surface area contributed by atoms with Gasteiger partial charge in [-0.05, 0) is 43.5 Å². The number of ketones is 1. The first-order valence-corrected chi connectivity index (χ1v) is 12.0. The van der Waals surface area contributed by atoms with E-state index in [1.165, 1.54) is 25.7 Å². The number of allylic oxidation sites excluding steroid dienone is 1. The van der Waals surface area contributed by atoms with Crippen LogP contribution in [0.1, 0.15) is 46.9 Å². The van der Waals surface area contributed by atoms with Gasteiger partial charge >= 0.3 is 17.9 Å². The standard InChI is InChI=1S/C27H28N2O8/c1-14-5-3-4-6-16(14)23(31)36-19-11-18(24(32)34-2)26(28)9-7-17-25(33)37-20(15-8-10-35-13-15)12-27(17,29)22(26)21(19)30/h3-6,8,10-11,13,17-18,20,22H,7,9,12,28-29H2,1-2H3/t17-,18-,20-,22-,26+,27+/m0/s1. The molecule has 1 aromatic heterocycles. The number of carbonyl (C=O) groups excluding carboxylic acids is 4. The van der Waals surface area contributed by atoms with Crippen LogP contribution in [-0.2, 0) is 28.6 Å². The summed E-state index contributed by atoms with van der Waals surface area (Å²) in [5.41, 5.74) is 12.4. The molecular weight excluding hydrogens is 480 g/mol. The maximum Gasteiger partial charge on any atom is 0.343 e. The predicted molar refractivity (Wildman–Crippen MR) is 127 cm³/mol. The first kappa shape index (κ1) is 24.9. The van der Waals surface area contributed by atoms with Crippen molar-refractivity contribution in [2.24, 2.45) is 29.2 Å². The number of rotatable bonds is 4. The van der Waals surface area contributed by atoms with Crippen molar-refractivity contribution >= 4 is 23.7 Å². The topological polar surface area (TPSA) is 161 Å². The van der Waals surface area contributed by atoms with E-state index >= 15 is 0 Å². The summed E-state index contributed by atoms with van der Waals surface area (Å²) in [6.07, 6.45) is 3.77. The van der Waals surface area contributed by atoms with Crippen LogP contribution in [0.3, 0.4) is 0 Å². The molecule has 2 fully saturated rings. The summed E-state index contributed by atoms with van der Waals surface area (Å²) >= 11 is 0. The number of fused-ring (bicyclic) bond motifs is 3. The minimum atomic E-state index is -1.48. The third-order valence-corrected chi connectivity index (χ3v) is 8.01. The molecule has 1 aromatic carbocycles. The highest BCUT2D eigenvalue weighted by atomic mass is 16.6. The third-order valence-electron chi connectivity index (χ3n) is 8.01. The van der Waals surface area contributed by atoms with Crippen LogP contribution in [0.25, 0.3) is 0 Å². The average Bonchev–Trinajstić information content (AvgIpc) is 3.40. The Bertz CT molecular complexity index is 1300. The summed E-state index contributed by atoms with van der Waals surface area (Å²) in [4.78, 5) is 53.0. The molecular formula is C27H28N2O8. The molecule has 10 heteroatoms. The number of methoxy groups -OCH3 is 1. The average molecular weight is 509 g/mol. The fourth-order valence-corrected chi connectivity index (χ4v) is 6.15. The molecule has 4 N–H and O–H groups in total. The quantitative estimate of drug-likeness (QED) is 0.462. The monoisotopic (exact) mass is 508 g/mol. The Balaban J connectivity index is 1.58. The summed E-state index contributed by atoms with van der Waals surface area (Å²) < 4.78 is 21.4. The smallest absolute Gasteiger partial charge is 0.343 e. The highest BCUT2D eigenvalue weighted by Crippen LogP contribution is 2.55. The lowest BCUT2D eigenvalue weighted by atomic mass is 9.50. The van der Waals surface area contributed by atoms with Gasteiger partial charge in [0.15, 0.2) is 5.76 Å². The Morgan fingerprint density at radius 1 is 1.11 bits per heavy atom. The zero-order chi connectivity index (χ0) is 26.5. The number of aryl methyl sites for hydroxylation is 1. The number of furan rings is 1. The van der Waals surface area contributed by atoms with E-state index in [9.17, 15) is 19.2 Å². The van der Waals surface area contributed by atoms with E-state index in [0.29, 0.717) is 11.1 Å². The molecule has 2 aliphatic carbocycles. The van der Waals surface area contributed by atoms with Gasteiger partial charge in [0.1, 0.15) is 6.10 Å². The number of hydrogen-bond acceptors (Lipinski definition) is 10. The molecule has 0 radical (unpaired) electrons. The Kier molecular flexibility index (Phi) is 6.04. The van der Waals surface area contributed by atoms with Crippen LogP contribution >= 0.6 is 0 Å². The van der Waals surface area contributed by atoms with Gasteiger partial charge in [0.2, 0.25) is 5.78 Å². The van der Waals surface area contributed by atoms with E-state index in [0.717, 1.165) is 0 Å². The number of esters is 3. The van der Waals surface area contributed by atoms with Crippen molar-refractivity contribution in [1.82, 2.24) is 0 Å². The molecule has 2 aromatic rings. The Morgan fingerprint density at radius 3 is 2.54 bits per heavy atom. The molecule has 1 saturated carbocycles. The minimum Gasteiger partial charge on any atom is -0.472 e. The second-order valence-electron chi connectivity index (χ2n) is 10.0. The van der Waals surface area contributed by atoms with Gasteiger partial charge in [-0.2, -0.15) is 0 Å². The lowest BCUT2D eigenvalue weighted by molar-refractivity contribution is -0.179. The SMILES string of the molecule is COC(=O)[C@@H]1C=C(OC(=O)c2ccccc2C)C(=O)[C@H]2[C@@]1(N)CC[C@H]1C(=O)O[C@H](c3ccoc3)C[C@]21N. The van der Waals surface area contributed by atoms with Crippen LogP contribution in [0.15, 0.2) is 59.1 Å². The maximum atomic E-state index is 14.0. The van der Waals surface area contributed by atoms with Gasteiger partial charge in [-0.15, -0.1) is 0 Å². The molecule has 194 valence electrons. The highest BCUT2D eigenvalue weighted by molar-refractivity contribution is 6.04. The molecule has 0 spiro atoms. The molecule has 2 heterocycles. The van der Waals surface area contributed by atoms with Crippen molar-refractivity contribution in [2.45, 2.75) is 43.4 Å². The van der Waals surface area contributed by atoms with Gasteiger partial charge in [0.05, 0.1) is 43.0 Å². The number of carbonyl (C=O) groups is 4. The molecule has 3 aliphatic rings. The van der Waals surface area contributed by atoms with Crippen LogP contribution < -0.4 is 11.5 Å². The second kappa shape index (κ2) is 8.97. The van der Waals surface area contributed by atoms with Crippen molar-refractivity contribution < 1.29 is 37.8 Å². The Hall–Kier alpha value is -3.76. The number of nitrogens with two attached hydrogens (primary N) is 2. The summed E-state index contributed by atoms with van der Waals surface area (Å²) in [6, 6.07) is 8.40. The molecule has 10 nitrogen and oxygen atoms in total. The van der Waals surface area contributed by atoms with Crippen molar-refractivity contribution in [3.8, 4) is 0 Å². The van der Waals surface area contributed by atoms with Crippen LogP contribution in [-0.4, -0.2) is 41.9 Å². The molecule has 0 amide bonds. The van der Waals surface area contributed by atoms with Crippen molar-refractivity contribution in [3.05, 3.63) is 71.4 Å². The molecule has 0 unspecified atom stereocenters. The zero-order valence-corrected chi connectivity index (χ0v) is 20.5.